The third-order valence-corrected chi connectivity index (χ3v) is 7.60. The fourth-order valence-electron chi connectivity index (χ4n) is 4.48. The fourth-order valence-corrected chi connectivity index (χ4v) is 5.33. The summed E-state index contributed by atoms with van der Waals surface area (Å²) in [7, 11) is -2.30. The van der Waals surface area contributed by atoms with Crippen LogP contribution in [-0.4, -0.2) is 63.7 Å². The van der Waals surface area contributed by atoms with E-state index in [4.69, 9.17) is 9.47 Å². The molecule has 1 atom stereocenters. The predicted octanol–water partition coefficient (Wildman–Crippen LogP) is 3.34. The molecule has 1 saturated carbocycles. The van der Waals surface area contributed by atoms with Crippen molar-refractivity contribution < 1.29 is 27.5 Å². The summed E-state index contributed by atoms with van der Waals surface area (Å²) in [5.41, 5.74) is 1.03. The summed E-state index contributed by atoms with van der Waals surface area (Å²) in [5, 5.41) is 3.05. The molecule has 0 aliphatic heterocycles. The Bertz CT molecular complexity index is 1180. The molecule has 0 saturated heterocycles. The van der Waals surface area contributed by atoms with Crippen LogP contribution in [0, 0.1) is 0 Å². The molecule has 2 amide bonds. The molecule has 10 heteroatoms. The monoisotopic (exact) mass is 531 g/mol. The first kappa shape index (κ1) is 28.3. The smallest absolute Gasteiger partial charge is 0.244 e. The molecule has 0 aromatic heterocycles. The molecule has 0 spiro atoms. The van der Waals surface area contributed by atoms with Crippen molar-refractivity contribution in [2.75, 3.05) is 30.8 Å². The Balaban J connectivity index is 1.92. The van der Waals surface area contributed by atoms with E-state index in [9.17, 15) is 18.0 Å². The Kier molecular flexibility index (Phi) is 9.79. The zero-order chi connectivity index (χ0) is 27.0. The van der Waals surface area contributed by atoms with Crippen molar-refractivity contribution in [1.82, 2.24) is 10.2 Å². The van der Waals surface area contributed by atoms with E-state index in [0.717, 1.165) is 41.8 Å². The summed E-state index contributed by atoms with van der Waals surface area (Å²) >= 11 is 0. The number of rotatable bonds is 12. The number of ether oxygens (including phenoxy) is 2. The largest absolute Gasteiger partial charge is 0.497 e. The lowest BCUT2D eigenvalue weighted by Crippen LogP contribution is -2.52. The van der Waals surface area contributed by atoms with Crippen LogP contribution >= 0.6 is 0 Å². The van der Waals surface area contributed by atoms with Crippen LogP contribution in [0.5, 0.6) is 11.5 Å². The zero-order valence-electron chi connectivity index (χ0n) is 22.0. The van der Waals surface area contributed by atoms with Gasteiger partial charge in [0.25, 0.3) is 0 Å². The van der Waals surface area contributed by atoms with Gasteiger partial charge in [0.05, 0.1) is 25.7 Å². The summed E-state index contributed by atoms with van der Waals surface area (Å²) in [6, 6.07) is 13.2. The Labute approximate surface area is 219 Å². The molecular weight excluding hydrogens is 494 g/mol. The number of hydrogen-bond acceptors (Lipinski definition) is 6. The van der Waals surface area contributed by atoms with Crippen molar-refractivity contribution in [2.45, 2.75) is 58.2 Å². The first-order valence-electron chi connectivity index (χ1n) is 12.6. The van der Waals surface area contributed by atoms with Crippen LogP contribution in [0.2, 0.25) is 0 Å². The number of methoxy groups -OCH3 is 1. The first-order valence-corrected chi connectivity index (χ1v) is 14.4. The van der Waals surface area contributed by atoms with Gasteiger partial charge in [0.1, 0.15) is 24.1 Å². The molecule has 1 aliphatic carbocycles. The third kappa shape index (κ3) is 7.61. The standard InChI is InChI=1S/C27H37N3O6S/c1-5-36-25-16-9-8-15-24(25)30(37(4,33)34)19-26(31)29(18-21-11-10-14-23(17-21)35-3)20(2)27(32)28-22-12-6-7-13-22/h8-11,14-17,20,22H,5-7,12-13,18-19H2,1-4H3,(H,28,32)/t20-/m0/s1. The van der Waals surface area contributed by atoms with E-state index in [1.807, 2.05) is 6.07 Å². The molecule has 9 nitrogen and oxygen atoms in total. The molecule has 3 rings (SSSR count). The molecule has 0 radical (unpaired) electrons. The van der Waals surface area contributed by atoms with Crippen molar-refractivity contribution in [3.8, 4) is 11.5 Å². The molecule has 1 fully saturated rings. The van der Waals surface area contributed by atoms with E-state index in [1.54, 1.807) is 63.4 Å². The van der Waals surface area contributed by atoms with Gasteiger partial charge in [-0.3, -0.25) is 13.9 Å². The SMILES string of the molecule is CCOc1ccccc1N(CC(=O)N(Cc1cccc(OC)c1)[C@@H](C)C(=O)NC1CCCC1)S(C)(=O)=O. The minimum Gasteiger partial charge on any atom is -0.497 e. The van der Waals surface area contributed by atoms with Gasteiger partial charge in [-0.2, -0.15) is 0 Å². The summed E-state index contributed by atoms with van der Waals surface area (Å²) in [5.74, 6) is 0.211. The van der Waals surface area contributed by atoms with Gasteiger partial charge < -0.3 is 19.7 Å². The van der Waals surface area contributed by atoms with Crippen molar-refractivity contribution in [3.05, 3.63) is 54.1 Å². The number of carbonyl (C=O) groups excluding carboxylic acids is 2. The number of amides is 2. The zero-order valence-corrected chi connectivity index (χ0v) is 22.8. The van der Waals surface area contributed by atoms with Crippen LogP contribution in [0.15, 0.2) is 48.5 Å². The van der Waals surface area contributed by atoms with Crippen LogP contribution in [0.4, 0.5) is 5.69 Å². The average Bonchev–Trinajstić information content (AvgIpc) is 3.38. The van der Waals surface area contributed by atoms with Crippen LogP contribution in [0.1, 0.15) is 45.1 Å². The van der Waals surface area contributed by atoms with Gasteiger partial charge >= 0.3 is 0 Å². The Morgan fingerprint density at radius 2 is 1.81 bits per heavy atom. The van der Waals surface area contributed by atoms with Gasteiger partial charge in [-0.1, -0.05) is 37.1 Å². The highest BCUT2D eigenvalue weighted by Crippen LogP contribution is 2.30. The lowest BCUT2D eigenvalue weighted by Gasteiger charge is -2.32. The highest BCUT2D eigenvalue weighted by Gasteiger charge is 2.32. The lowest BCUT2D eigenvalue weighted by atomic mass is 10.1. The molecule has 2 aromatic carbocycles. The second-order valence-electron chi connectivity index (χ2n) is 9.21. The predicted molar refractivity (Wildman–Crippen MR) is 143 cm³/mol. The minimum absolute atomic E-state index is 0.0920. The normalized spacial score (nSPS) is 14.6. The fraction of sp³-hybridized carbons (Fsp3) is 0.481. The number of anilines is 1. The van der Waals surface area contributed by atoms with Crippen molar-refractivity contribution in [2.24, 2.45) is 0 Å². The Morgan fingerprint density at radius 3 is 2.46 bits per heavy atom. The van der Waals surface area contributed by atoms with Gasteiger partial charge in [-0.25, -0.2) is 8.42 Å². The molecule has 37 heavy (non-hydrogen) atoms. The molecular formula is C27H37N3O6S. The number of nitrogens with zero attached hydrogens (tertiary/aromatic N) is 2. The summed E-state index contributed by atoms with van der Waals surface area (Å²) in [6.07, 6.45) is 5.00. The summed E-state index contributed by atoms with van der Waals surface area (Å²) in [6.45, 7) is 3.44. The van der Waals surface area contributed by atoms with Gasteiger partial charge in [-0.05, 0) is 56.5 Å². The highest BCUT2D eigenvalue weighted by atomic mass is 32.2. The summed E-state index contributed by atoms with van der Waals surface area (Å²) in [4.78, 5) is 28.3. The second kappa shape index (κ2) is 12.8. The van der Waals surface area contributed by atoms with Crippen molar-refractivity contribution in [1.29, 1.82) is 0 Å². The molecule has 0 bridgehead atoms. The molecule has 202 valence electrons. The number of sulfonamides is 1. The van der Waals surface area contributed by atoms with E-state index in [-0.39, 0.29) is 24.2 Å². The van der Waals surface area contributed by atoms with Gasteiger partial charge in [0, 0.05) is 12.6 Å². The van der Waals surface area contributed by atoms with E-state index in [1.165, 1.54) is 4.90 Å². The minimum atomic E-state index is -3.85. The van der Waals surface area contributed by atoms with Crippen molar-refractivity contribution in [3.63, 3.8) is 0 Å². The molecule has 0 unspecified atom stereocenters. The Morgan fingerprint density at radius 1 is 1.11 bits per heavy atom. The number of hydrogen-bond donors (Lipinski definition) is 1. The van der Waals surface area contributed by atoms with Crippen molar-refractivity contribution >= 4 is 27.5 Å². The molecule has 0 heterocycles. The van der Waals surface area contributed by atoms with Gasteiger partial charge in [-0.15, -0.1) is 0 Å². The maximum Gasteiger partial charge on any atom is 0.244 e. The Hall–Kier alpha value is -3.27. The molecule has 1 aliphatic rings. The number of para-hydroxylation sites is 2. The maximum atomic E-state index is 13.8. The van der Waals surface area contributed by atoms with E-state index >= 15 is 0 Å². The lowest BCUT2D eigenvalue weighted by molar-refractivity contribution is -0.139. The number of nitrogens with one attached hydrogen (secondary N) is 1. The van der Waals surface area contributed by atoms with Crippen LogP contribution in [0.3, 0.4) is 0 Å². The molecule has 1 N–H and O–H groups in total. The third-order valence-electron chi connectivity index (χ3n) is 6.47. The van der Waals surface area contributed by atoms with Crippen LogP contribution in [0.25, 0.3) is 0 Å². The number of benzene rings is 2. The molecule has 2 aromatic rings. The van der Waals surface area contributed by atoms with Gasteiger partial charge in [0.2, 0.25) is 21.8 Å². The quantitative estimate of drug-likeness (QED) is 0.451. The van der Waals surface area contributed by atoms with Crippen LogP contribution < -0.4 is 19.1 Å². The number of carbonyl (C=O) groups is 2. The highest BCUT2D eigenvalue weighted by molar-refractivity contribution is 7.92. The summed E-state index contributed by atoms with van der Waals surface area (Å²) < 4.78 is 37.6. The maximum absolute atomic E-state index is 13.8. The van der Waals surface area contributed by atoms with E-state index in [2.05, 4.69) is 5.32 Å². The van der Waals surface area contributed by atoms with E-state index in [0.29, 0.717) is 18.1 Å². The average molecular weight is 532 g/mol. The topological polar surface area (TPSA) is 105 Å². The second-order valence-corrected chi connectivity index (χ2v) is 11.1. The van der Waals surface area contributed by atoms with Gasteiger partial charge in [0.15, 0.2) is 0 Å². The van der Waals surface area contributed by atoms with Crippen LogP contribution in [-0.2, 0) is 26.2 Å². The first-order chi connectivity index (χ1) is 17.6. The van der Waals surface area contributed by atoms with E-state index < -0.39 is 28.5 Å².